The highest BCUT2D eigenvalue weighted by molar-refractivity contribution is 5.27. The Kier molecular flexibility index (Phi) is 18.6. The normalized spacial score (nSPS) is 56.9. The summed E-state index contributed by atoms with van der Waals surface area (Å²) in [6.45, 7) is 14.3. The highest BCUT2D eigenvalue weighted by atomic mass is 16.8. The van der Waals surface area contributed by atoms with E-state index in [2.05, 4.69) is 33.8 Å². The van der Waals surface area contributed by atoms with Crippen LogP contribution < -0.4 is 0 Å². The Morgan fingerprint density at radius 1 is 0.570 bits per heavy atom. The van der Waals surface area contributed by atoms with Crippen LogP contribution in [0.1, 0.15) is 107 Å². The van der Waals surface area contributed by atoms with Crippen LogP contribution in [0.5, 0.6) is 0 Å². The van der Waals surface area contributed by atoms with Gasteiger partial charge in [0.1, 0.15) is 110 Å². The van der Waals surface area contributed by atoms with E-state index >= 15 is 0 Å². The number of hydrogen-bond donors (Lipinski definition) is 15. The number of hydrogen-bond acceptors (Lipinski definition) is 27. The molecule has 0 aromatic rings. The molecule has 2 bridgehead atoms. The summed E-state index contributed by atoms with van der Waals surface area (Å²) < 4.78 is 75.6. The molecule has 11 fully saturated rings. The zero-order valence-electron chi connectivity index (χ0n) is 50.2. The van der Waals surface area contributed by atoms with E-state index in [1.807, 2.05) is 20.8 Å². The predicted molar refractivity (Wildman–Crippen MR) is 289 cm³/mol. The molecule has 11 rings (SSSR count). The van der Waals surface area contributed by atoms with Gasteiger partial charge in [0.05, 0.1) is 56.9 Å². The van der Waals surface area contributed by atoms with Crippen LogP contribution in [0.3, 0.4) is 0 Å². The Balaban J connectivity index is 0.877. The summed E-state index contributed by atoms with van der Waals surface area (Å²) >= 11 is 0. The van der Waals surface area contributed by atoms with Crippen molar-refractivity contribution in [2.75, 3.05) is 33.0 Å². The smallest absolute Gasteiger partial charge is 0.187 e. The molecule has 0 amide bonds. The second kappa shape index (κ2) is 24.2. The molecule has 0 aromatic carbocycles. The van der Waals surface area contributed by atoms with E-state index in [1.165, 1.54) is 6.92 Å². The van der Waals surface area contributed by atoms with Crippen molar-refractivity contribution in [1.82, 2.24) is 0 Å². The zero-order valence-corrected chi connectivity index (χ0v) is 50.2. The minimum atomic E-state index is -2.11. The standard InChI is InChI=1S/C59H96O27/c1-23(2)15-25-16-57(8,74)48-26-9-10-32-55(6)13-12-33(54(4,5)31(55)11-14-56(32,7)58(26)21-59(48,86-25)77-22-58)82-52-47(85-50-43(72)38(67)34(63)24(3)78-50)45(27(62)19-75-52)83-53-46(84-51-44(73)40(69)36(65)29(18-61)80-51)41(70)37(66)30(81-53)20-76-49-42(71)39(68)35(64)28(17-60)79-49/h15,24-53,60-74H,9-14,16-22H2,1-8H3/t24-,25?,26?,27+,28+,29+,30+,31?,32?,33?,34-,35+,36+,37+,38+,39-,40-,41-,42+,43+,44+,45-,46+,47+,48?,49+,50-,51-,52-,53-,55?,56?,57?,58?,59?/m0/s1. The molecule has 4 saturated carbocycles. The van der Waals surface area contributed by atoms with Gasteiger partial charge in [-0.3, -0.25) is 0 Å². The molecule has 27 heteroatoms. The number of aliphatic hydroxyl groups is 15. The number of aliphatic hydroxyl groups excluding tert-OH is 14. The van der Waals surface area contributed by atoms with Crippen LogP contribution in [0.15, 0.2) is 11.6 Å². The highest BCUT2D eigenvalue weighted by Gasteiger charge is 2.81. The van der Waals surface area contributed by atoms with Crippen LogP contribution >= 0.6 is 0 Å². The van der Waals surface area contributed by atoms with Gasteiger partial charge in [-0.1, -0.05) is 39.3 Å². The molecule has 11 aliphatic rings. The number of ether oxygens (including phenoxy) is 12. The first-order chi connectivity index (χ1) is 40.4. The number of fused-ring (bicyclic) bond motifs is 4. The minimum absolute atomic E-state index is 0.0914. The summed E-state index contributed by atoms with van der Waals surface area (Å²) in [6.07, 6.45) is -34.9. The summed E-state index contributed by atoms with van der Waals surface area (Å²) in [5, 5.41) is 165. The van der Waals surface area contributed by atoms with Crippen molar-refractivity contribution in [2.45, 2.75) is 278 Å². The summed E-state index contributed by atoms with van der Waals surface area (Å²) in [7, 11) is 0. The molecule has 7 saturated heterocycles. The second-order valence-corrected chi connectivity index (χ2v) is 28.6. The van der Waals surface area contributed by atoms with Gasteiger partial charge in [0.15, 0.2) is 37.2 Å². The van der Waals surface area contributed by atoms with Gasteiger partial charge >= 0.3 is 0 Å². The molecule has 35 atom stereocenters. The van der Waals surface area contributed by atoms with Gasteiger partial charge in [-0.05, 0) is 100 Å². The van der Waals surface area contributed by atoms with Gasteiger partial charge in [-0.25, -0.2) is 0 Å². The minimum Gasteiger partial charge on any atom is -0.394 e. The Bertz CT molecular complexity index is 2380. The van der Waals surface area contributed by atoms with E-state index < -0.39 is 197 Å². The molecule has 27 nitrogen and oxygen atoms in total. The Labute approximate surface area is 499 Å². The first-order valence-electron chi connectivity index (χ1n) is 30.9. The third-order valence-corrected chi connectivity index (χ3v) is 22.9. The summed E-state index contributed by atoms with van der Waals surface area (Å²) in [6, 6.07) is 0. The van der Waals surface area contributed by atoms with Gasteiger partial charge in [0.25, 0.3) is 0 Å². The van der Waals surface area contributed by atoms with Gasteiger partial charge in [-0.2, -0.15) is 0 Å². The van der Waals surface area contributed by atoms with E-state index in [-0.39, 0.29) is 46.0 Å². The fourth-order valence-corrected chi connectivity index (χ4v) is 18.6. The second-order valence-electron chi connectivity index (χ2n) is 28.6. The Hall–Kier alpha value is -1.34. The van der Waals surface area contributed by atoms with Crippen LogP contribution in [0.25, 0.3) is 0 Å². The molecule has 15 N–H and O–H groups in total. The zero-order chi connectivity index (χ0) is 62.3. The third kappa shape index (κ3) is 10.8. The molecule has 7 aliphatic heterocycles. The molecule has 0 aromatic heterocycles. The fourth-order valence-electron chi connectivity index (χ4n) is 18.6. The quantitative estimate of drug-likeness (QED) is 0.0597. The highest BCUT2D eigenvalue weighted by Crippen LogP contribution is 2.80. The van der Waals surface area contributed by atoms with Crippen LogP contribution in [0.2, 0.25) is 0 Å². The van der Waals surface area contributed by atoms with Crippen molar-refractivity contribution in [1.29, 1.82) is 0 Å². The van der Waals surface area contributed by atoms with Crippen LogP contribution in [0.4, 0.5) is 0 Å². The lowest BCUT2D eigenvalue weighted by molar-refractivity contribution is -0.403. The molecular formula is C59H96O27. The van der Waals surface area contributed by atoms with Crippen LogP contribution in [-0.4, -0.2) is 281 Å². The SMILES string of the molecule is CC(C)=CC1CC(C)(O)C2C3CCC4C5(C)CCC(O[C@@H]6OC[C@@H](O)[C@H](O[C@@H]7O[C@H](CO[C@@H]8O[C@H](CO)[C@@H](O)[C@H](O)[C@H]8O)[C@@H](O)[C@H](O)[C@H]7O[C@@H]7O[C@H](CO)[C@@H](O)[C@H](O)[C@H]7O)[C@H]6O[C@@H]6O[C@@H](C)[C@H](O)[C@@H](O)[C@H]6O)C(C)(C)C5CCC4(C)C34COC2(C4)O1. The maximum Gasteiger partial charge on any atom is 0.187 e. The van der Waals surface area contributed by atoms with Crippen molar-refractivity contribution in [3.8, 4) is 0 Å². The molecule has 0 radical (unpaired) electrons. The van der Waals surface area contributed by atoms with Gasteiger partial charge in [0.2, 0.25) is 0 Å². The average molecular weight is 1240 g/mol. The van der Waals surface area contributed by atoms with Crippen LogP contribution in [0, 0.1) is 45.3 Å². The van der Waals surface area contributed by atoms with E-state index in [9.17, 15) is 76.6 Å². The lowest BCUT2D eigenvalue weighted by Crippen LogP contribution is -2.68. The van der Waals surface area contributed by atoms with Crippen molar-refractivity contribution in [2.24, 2.45) is 45.3 Å². The van der Waals surface area contributed by atoms with Crippen molar-refractivity contribution < 1.29 is 133 Å². The van der Waals surface area contributed by atoms with Crippen molar-refractivity contribution >= 4 is 0 Å². The fraction of sp³-hybridized carbons (Fsp3) is 0.966. The van der Waals surface area contributed by atoms with Crippen molar-refractivity contribution in [3.05, 3.63) is 11.6 Å². The monoisotopic (exact) mass is 1240 g/mol. The Morgan fingerprint density at radius 2 is 1.15 bits per heavy atom. The molecule has 4 aliphatic carbocycles. The van der Waals surface area contributed by atoms with Gasteiger partial charge < -0.3 is 133 Å². The van der Waals surface area contributed by atoms with E-state index in [1.54, 1.807) is 0 Å². The lowest BCUT2D eigenvalue weighted by atomic mass is 9.35. The molecule has 494 valence electrons. The van der Waals surface area contributed by atoms with Crippen molar-refractivity contribution in [3.63, 3.8) is 0 Å². The lowest BCUT2D eigenvalue weighted by Gasteiger charge is -2.70. The van der Waals surface area contributed by atoms with E-state index in [0.29, 0.717) is 25.9 Å². The predicted octanol–water partition coefficient (Wildman–Crippen LogP) is -3.36. The van der Waals surface area contributed by atoms with Gasteiger partial charge in [-0.15, -0.1) is 0 Å². The summed E-state index contributed by atoms with van der Waals surface area (Å²) in [5.74, 6) is -0.503. The Morgan fingerprint density at radius 3 is 1.80 bits per heavy atom. The maximum atomic E-state index is 12.4. The molecule has 11 unspecified atom stereocenters. The molecular weight excluding hydrogens is 1140 g/mol. The van der Waals surface area contributed by atoms with E-state index in [0.717, 1.165) is 37.7 Å². The number of allylic oxidation sites excluding steroid dienone is 1. The number of rotatable bonds is 14. The summed E-state index contributed by atoms with van der Waals surface area (Å²) in [5.41, 5.74) is -1.06. The first-order valence-corrected chi connectivity index (χ1v) is 30.9. The maximum absolute atomic E-state index is 12.4. The molecule has 7 heterocycles. The van der Waals surface area contributed by atoms with Crippen LogP contribution in [-0.2, 0) is 56.8 Å². The topological polar surface area (TPSA) is 414 Å². The van der Waals surface area contributed by atoms with E-state index in [4.69, 9.17) is 56.8 Å². The molecule has 86 heavy (non-hydrogen) atoms. The third-order valence-electron chi connectivity index (χ3n) is 22.9. The largest absolute Gasteiger partial charge is 0.394 e. The average Bonchev–Trinajstić information content (AvgIpc) is 1.45. The summed E-state index contributed by atoms with van der Waals surface area (Å²) in [4.78, 5) is 0. The van der Waals surface area contributed by atoms with Gasteiger partial charge in [0, 0.05) is 24.2 Å². The first kappa shape index (κ1) is 66.1. The molecule has 2 spiro atoms.